The SMILES string of the molecule is C[SiH](C)CCCC(=O)NCCOCCOCCOCCOCCOCCN=[N+]=[N-]. The van der Waals surface area contributed by atoms with Gasteiger partial charge in [0.1, 0.15) is 0 Å². The molecule has 0 unspecified atom stereocenters. The van der Waals surface area contributed by atoms with Gasteiger partial charge in [0.15, 0.2) is 0 Å². The van der Waals surface area contributed by atoms with Gasteiger partial charge >= 0.3 is 0 Å². The zero-order valence-electron chi connectivity index (χ0n) is 18.0. The Bertz CT molecular complexity index is 425. The third kappa shape index (κ3) is 24.8. The van der Waals surface area contributed by atoms with Crippen molar-refractivity contribution in [2.24, 2.45) is 5.11 Å². The summed E-state index contributed by atoms with van der Waals surface area (Å²) in [4.78, 5) is 14.2. The predicted molar refractivity (Wildman–Crippen MR) is 114 cm³/mol. The van der Waals surface area contributed by atoms with E-state index in [0.717, 1.165) is 6.42 Å². The lowest BCUT2D eigenvalue weighted by Crippen LogP contribution is -2.27. The van der Waals surface area contributed by atoms with Crippen LogP contribution < -0.4 is 5.32 Å². The Kier molecular flexibility index (Phi) is 22.1. The smallest absolute Gasteiger partial charge is 0.220 e. The molecular formula is C18H38N4O6Si. The fourth-order valence-electron chi connectivity index (χ4n) is 2.15. The number of hydrogen-bond donors (Lipinski definition) is 1. The van der Waals surface area contributed by atoms with Gasteiger partial charge in [-0.25, -0.2) is 0 Å². The lowest BCUT2D eigenvalue weighted by atomic mass is 10.3. The molecule has 0 saturated carbocycles. The number of nitrogens with zero attached hydrogens (tertiary/aromatic N) is 3. The molecule has 0 saturated heterocycles. The Balaban J connectivity index is 3.11. The van der Waals surface area contributed by atoms with E-state index in [0.29, 0.717) is 85.6 Å². The van der Waals surface area contributed by atoms with Crippen LogP contribution in [0.5, 0.6) is 0 Å². The van der Waals surface area contributed by atoms with Crippen LogP contribution in [0.1, 0.15) is 12.8 Å². The van der Waals surface area contributed by atoms with Gasteiger partial charge in [-0.1, -0.05) is 24.3 Å². The summed E-state index contributed by atoms with van der Waals surface area (Å²) >= 11 is 0. The molecule has 0 radical (unpaired) electrons. The van der Waals surface area contributed by atoms with Gasteiger partial charge in [-0.3, -0.25) is 4.79 Å². The molecule has 0 aromatic heterocycles. The minimum absolute atomic E-state index is 0.110. The molecule has 29 heavy (non-hydrogen) atoms. The molecule has 0 atom stereocenters. The first-order valence-corrected chi connectivity index (χ1v) is 13.5. The maximum atomic E-state index is 11.6. The van der Waals surface area contributed by atoms with E-state index < -0.39 is 8.80 Å². The zero-order chi connectivity index (χ0) is 21.4. The van der Waals surface area contributed by atoms with Crippen molar-refractivity contribution in [1.29, 1.82) is 0 Å². The molecule has 10 nitrogen and oxygen atoms in total. The molecule has 0 fully saturated rings. The monoisotopic (exact) mass is 434 g/mol. The van der Waals surface area contributed by atoms with Gasteiger partial charge in [0.2, 0.25) is 5.91 Å². The molecule has 0 rings (SSSR count). The van der Waals surface area contributed by atoms with Crippen molar-refractivity contribution in [1.82, 2.24) is 5.32 Å². The van der Waals surface area contributed by atoms with Gasteiger partial charge in [0.05, 0.1) is 66.1 Å². The van der Waals surface area contributed by atoms with E-state index in [4.69, 9.17) is 29.2 Å². The zero-order valence-corrected chi connectivity index (χ0v) is 19.1. The first-order valence-electron chi connectivity index (χ1n) is 10.3. The molecule has 1 amide bonds. The standard InChI is InChI=1S/C18H38N4O6Si/c1-29(2)17-3-4-18(23)20-5-7-24-9-11-26-13-15-28-16-14-27-12-10-25-8-6-21-22-19/h29H,3-17H2,1-2H3,(H,20,23). The Morgan fingerprint density at radius 3 is 1.83 bits per heavy atom. The summed E-state index contributed by atoms with van der Waals surface area (Å²) < 4.78 is 26.7. The molecule has 0 aromatic carbocycles. The largest absolute Gasteiger partial charge is 0.379 e. The molecule has 0 heterocycles. The third-order valence-electron chi connectivity index (χ3n) is 3.64. The van der Waals surface area contributed by atoms with E-state index >= 15 is 0 Å². The molecule has 0 aliphatic heterocycles. The summed E-state index contributed by atoms with van der Waals surface area (Å²) in [6.07, 6.45) is 1.61. The maximum absolute atomic E-state index is 11.6. The summed E-state index contributed by atoms with van der Waals surface area (Å²) in [5, 5.41) is 6.22. The number of azide groups is 1. The van der Waals surface area contributed by atoms with Crippen molar-refractivity contribution in [3.63, 3.8) is 0 Å². The van der Waals surface area contributed by atoms with Crippen molar-refractivity contribution >= 4 is 14.7 Å². The van der Waals surface area contributed by atoms with E-state index in [-0.39, 0.29) is 5.91 Å². The number of ether oxygens (including phenoxy) is 5. The van der Waals surface area contributed by atoms with Crippen molar-refractivity contribution < 1.29 is 28.5 Å². The van der Waals surface area contributed by atoms with Crippen molar-refractivity contribution in [3.8, 4) is 0 Å². The van der Waals surface area contributed by atoms with E-state index in [1.165, 1.54) is 6.04 Å². The van der Waals surface area contributed by atoms with Gasteiger partial charge in [-0.05, 0) is 12.0 Å². The second kappa shape index (κ2) is 23.1. The Morgan fingerprint density at radius 2 is 1.34 bits per heavy atom. The molecule has 1 N–H and O–H groups in total. The first kappa shape index (κ1) is 27.8. The number of nitrogens with one attached hydrogen (secondary N) is 1. The van der Waals surface area contributed by atoms with Gasteiger partial charge < -0.3 is 29.0 Å². The van der Waals surface area contributed by atoms with E-state index in [1.807, 2.05) is 0 Å². The number of hydrogen-bond acceptors (Lipinski definition) is 7. The molecule has 0 bridgehead atoms. The summed E-state index contributed by atoms with van der Waals surface area (Å²) in [7, 11) is -0.549. The highest BCUT2D eigenvalue weighted by Gasteiger charge is 2.02. The molecule has 0 aliphatic rings. The van der Waals surface area contributed by atoms with Gasteiger partial charge in [0.25, 0.3) is 0 Å². The summed E-state index contributed by atoms with van der Waals surface area (Å²) in [5.41, 5.74) is 8.09. The third-order valence-corrected chi connectivity index (χ3v) is 5.20. The minimum Gasteiger partial charge on any atom is -0.379 e. The highest BCUT2D eigenvalue weighted by Crippen LogP contribution is 2.00. The molecule has 0 aromatic rings. The normalized spacial score (nSPS) is 10.9. The topological polar surface area (TPSA) is 124 Å². The van der Waals surface area contributed by atoms with E-state index in [9.17, 15) is 4.79 Å². The predicted octanol–water partition coefficient (Wildman–Crippen LogP) is 1.76. The fraction of sp³-hybridized carbons (Fsp3) is 0.944. The van der Waals surface area contributed by atoms with Crippen LogP contribution in [0.4, 0.5) is 0 Å². The lowest BCUT2D eigenvalue weighted by molar-refractivity contribution is -0.121. The van der Waals surface area contributed by atoms with Crippen LogP contribution in [0.25, 0.3) is 10.4 Å². The van der Waals surface area contributed by atoms with Crippen LogP contribution >= 0.6 is 0 Å². The maximum Gasteiger partial charge on any atom is 0.220 e. The summed E-state index contributed by atoms with van der Waals surface area (Å²) in [5.74, 6) is 0.110. The Hall–Kier alpha value is -1.20. The van der Waals surface area contributed by atoms with Crippen LogP contribution in [-0.2, 0) is 28.5 Å². The van der Waals surface area contributed by atoms with Gasteiger partial charge in [0, 0.05) is 33.2 Å². The molecule has 170 valence electrons. The quantitative estimate of drug-likeness (QED) is 0.0910. The van der Waals surface area contributed by atoms with Crippen LogP contribution in [0.3, 0.4) is 0 Å². The Morgan fingerprint density at radius 1 is 0.862 bits per heavy atom. The van der Waals surface area contributed by atoms with Gasteiger partial charge in [-0.15, -0.1) is 0 Å². The Labute approximate surface area is 175 Å². The van der Waals surface area contributed by atoms with Gasteiger partial charge in [-0.2, -0.15) is 0 Å². The second-order valence-electron chi connectivity index (χ2n) is 6.65. The average Bonchev–Trinajstić information content (AvgIpc) is 2.69. The highest BCUT2D eigenvalue weighted by atomic mass is 28.3. The summed E-state index contributed by atoms with van der Waals surface area (Å²) in [6, 6.07) is 1.22. The van der Waals surface area contributed by atoms with Crippen LogP contribution in [-0.4, -0.2) is 93.9 Å². The highest BCUT2D eigenvalue weighted by molar-refractivity contribution is 6.55. The van der Waals surface area contributed by atoms with Crippen molar-refractivity contribution in [2.45, 2.75) is 32.0 Å². The van der Waals surface area contributed by atoms with Crippen LogP contribution in [0, 0.1) is 0 Å². The molecule has 0 spiro atoms. The lowest BCUT2D eigenvalue weighted by Gasteiger charge is -2.08. The average molecular weight is 435 g/mol. The number of rotatable bonds is 22. The fourth-order valence-corrected chi connectivity index (χ4v) is 3.17. The first-order chi connectivity index (χ1) is 14.2. The molecule has 0 aliphatic carbocycles. The van der Waals surface area contributed by atoms with E-state index in [1.54, 1.807) is 0 Å². The molecule has 11 heteroatoms. The van der Waals surface area contributed by atoms with Crippen molar-refractivity contribution in [2.75, 3.05) is 79.2 Å². The van der Waals surface area contributed by atoms with Crippen LogP contribution in [0.2, 0.25) is 19.1 Å². The van der Waals surface area contributed by atoms with Crippen LogP contribution in [0.15, 0.2) is 5.11 Å². The minimum atomic E-state index is -0.549. The molecular weight excluding hydrogens is 396 g/mol. The van der Waals surface area contributed by atoms with E-state index in [2.05, 4.69) is 28.4 Å². The van der Waals surface area contributed by atoms with Crippen molar-refractivity contribution in [3.05, 3.63) is 10.4 Å². The number of carbonyl (C=O) groups excluding carboxylic acids is 1. The number of amides is 1. The summed E-state index contributed by atoms with van der Waals surface area (Å²) in [6.45, 7) is 10.3. The second-order valence-corrected chi connectivity index (χ2v) is 10.0. The number of carbonyl (C=O) groups is 1.